The zero-order chi connectivity index (χ0) is 22.3. The molecule has 4 aliphatic carbocycles. The number of epoxide rings is 1. The molecule has 0 aromatic rings. The summed E-state index contributed by atoms with van der Waals surface area (Å²) in [6, 6.07) is 0. The second-order valence-corrected chi connectivity index (χ2v) is 12.9. The average molecular weight is 429 g/mol. The van der Waals surface area contributed by atoms with E-state index in [1.165, 1.54) is 19.3 Å². The van der Waals surface area contributed by atoms with Gasteiger partial charge < -0.3 is 9.84 Å². The average Bonchev–Trinajstić information content (AvgIpc) is 3.34. The SMILES string of the molecule is CC(C)[C@@H](C)C=C[C@@H](C)[C@H]1CC[C@H]2[C@@H]3C(=O)[C@@H]4O[C@@]45C[C@@H](O)CC[C@]5(C)[C@H]3CC[C@]12C. The van der Waals surface area contributed by atoms with Gasteiger partial charge in [0.05, 0.1) is 6.10 Å². The monoisotopic (exact) mass is 428 g/mol. The first-order chi connectivity index (χ1) is 14.5. The summed E-state index contributed by atoms with van der Waals surface area (Å²) in [4.78, 5) is 13.7. The van der Waals surface area contributed by atoms with Crippen molar-refractivity contribution in [3.8, 4) is 0 Å². The van der Waals surface area contributed by atoms with Crippen molar-refractivity contribution in [2.24, 2.45) is 52.3 Å². The molecule has 3 nitrogen and oxygen atoms in total. The highest BCUT2D eigenvalue weighted by molar-refractivity contribution is 5.91. The molecule has 5 fully saturated rings. The maximum Gasteiger partial charge on any atom is 0.168 e. The number of hydrogen-bond donors (Lipinski definition) is 1. The van der Waals surface area contributed by atoms with E-state index in [-0.39, 0.29) is 34.6 Å². The number of allylic oxidation sites excluding steroid dienone is 2. The smallest absolute Gasteiger partial charge is 0.168 e. The van der Waals surface area contributed by atoms with Crippen LogP contribution in [0.1, 0.15) is 86.5 Å². The fourth-order valence-electron chi connectivity index (χ4n) is 8.95. The predicted molar refractivity (Wildman–Crippen MR) is 123 cm³/mol. The molecule has 3 heteroatoms. The molecule has 0 radical (unpaired) electrons. The fourth-order valence-corrected chi connectivity index (χ4v) is 8.95. The Morgan fingerprint density at radius 2 is 1.74 bits per heavy atom. The van der Waals surface area contributed by atoms with Crippen LogP contribution in [0, 0.1) is 52.3 Å². The Morgan fingerprint density at radius 1 is 1.00 bits per heavy atom. The number of carbonyl (C=O) groups is 1. The number of ketones is 1. The van der Waals surface area contributed by atoms with Crippen LogP contribution in [-0.2, 0) is 9.53 Å². The Kier molecular flexibility index (Phi) is 5.11. The second kappa shape index (κ2) is 7.16. The van der Waals surface area contributed by atoms with E-state index in [0.29, 0.717) is 47.7 Å². The maximum absolute atomic E-state index is 13.7. The molecule has 4 saturated carbocycles. The number of rotatable bonds is 4. The zero-order valence-electron chi connectivity index (χ0n) is 20.6. The van der Waals surface area contributed by atoms with Gasteiger partial charge in [0.25, 0.3) is 0 Å². The third-order valence-electron chi connectivity index (χ3n) is 11.4. The lowest BCUT2D eigenvalue weighted by atomic mass is 9.44. The first kappa shape index (κ1) is 22.1. The largest absolute Gasteiger partial charge is 0.393 e. The van der Waals surface area contributed by atoms with E-state index in [4.69, 9.17) is 4.74 Å². The molecule has 1 spiro atoms. The minimum absolute atomic E-state index is 0.0626. The highest BCUT2D eigenvalue weighted by Crippen LogP contribution is 2.73. The van der Waals surface area contributed by atoms with Crippen LogP contribution in [-0.4, -0.2) is 28.7 Å². The maximum atomic E-state index is 13.7. The first-order valence-corrected chi connectivity index (χ1v) is 13.1. The van der Waals surface area contributed by atoms with Crippen LogP contribution < -0.4 is 0 Å². The molecule has 1 heterocycles. The number of carbonyl (C=O) groups excluding carboxylic acids is 1. The standard InChI is InChI=1S/C28H44O3/c1-16(2)17(3)7-8-18(4)20-9-10-21-23-22(12-13-26(20,21)5)27(6)14-11-19(29)15-28(27)25(31-28)24(23)30/h7-8,16-23,25,29H,9-15H2,1-6H3/t17-,18+,19-,20+,21-,22-,23-,25-,26+,27+,28-/m0/s1. The van der Waals surface area contributed by atoms with Crippen molar-refractivity contribution >= 4 is 5.78 Å². The number of Topliss-reactive ketones (excluding diaryl/α,β-unsaturated/α-hetero) is 1. The van der Waals surface area contributed by atoms with Crippen molar-refractivity contribution in [3.05, 3.63) is 12.2 Å². The molecule has 11 atom stereocenters. The summed E-state index contributed by atoms with van der Waals surface area (Å²) < 4.78 is 6.27. The predicted octanol–water partition coefficient (Wildman–Crippen LogP) is 5.80. The highest BCUT2D eigenvalue weighted by atomic mass is 16.6. The van der Waals surface area contributed by atoms with Crippen molar-refractivity contribution in [3.63, 3.8) is 0 Å². The number of ether oxygens (including phenoxy) is 1. The van der Waals surface area contributed by atoms with Gasteiger partial charge in [0, 0.05) is 17.8 Å². The first-order valence-electron chi connectivity index (χ1n) is 13.1. The molecule has 1 aliphatic heterocycles. The minimum Gasteiger partial charge on any atom is -0.393 e. The molecule has 31 heavy (non-hydrogen) atoms. The number of hydrogen-bond acceptors (Lipinski definition) is 3. The highest BCUT2D eigenvalue weighted by Gasteiger charge is 2.79. The van der Waals surface area contributed by atoms with Crippen LogP contribution in [0.3, 0.4) is 0 Å². The van der Waals surface area contributed by atoms with Gasteiger partial charge >= 0.3 is 0 Å². The van der Waals surface area contributed by atoms with Crippen LogP contribution in [0.15, 0.2) is 12.2 Å². The van der Waals surface area contributed by atoms with E-state index >= 15 is 0 Å². The molecule has 1 N–H and O–H groups in total. The van der Waals surface area contributed by atoms with E-state index in [2.05, 4.69) is 53.7 Å². The van der Waals surface area contributed by atoms with E-state index in [1.54, 1.807) is 0 Å². The van der Waals surface area contributed by atoms with E-state index < -0.39 is 0 Å². The van der Waals surface area contributed by atoms with Gasteiger partial charge in [-0.25, -0.2) is 0 Å². The molecule has 0 bridgehead atoms. The van der Waals surface area contributed by atoms with E-state index in [1.807, 2.05) is 0 Å². The van der Waals surface area contributed by atoms with Crippen LogP contribution in [0.4, 0.5) is 0 Å². The Balaban J connectivity index is 1.40. The van der Waals surface area contributed by atoms with Gasteiger partial charge in [-0.2, -0.15) is 0 Å². The number of fused-ring (bicyclic) bond motifs is 4. The number of aliphatic hydroxyl groups is 1. The van der Waals surface area contributed by atoms with Crippen molar-refractivity contribution in [1.82, 2.24) is 0 Å². The van der Waals surface area contributed by atoms with Gasteiger partial charge in [-0.15, -0.1) is 0 Å². The molecule has 5 rings (SSSR count). The zero-order valence-corrected chi connectivity index (χ0v) is 20.6. The lowest BCUT2D eigenvalue weighted by molar-refractivity contribution is -0.151. The summed E-state index contributed by atoms with van der Waals surface area (Å²) in [5, 5.41) is 10.3. The van der Waals surface area contributed by atoms with Gasteiger partial charge in [0.15, 0.2) is 5.78 Å². The lowest BCUT2D eigenvalue weighted by Gasteiger charge is -2.58. The van der Waals surface area contributed by atoms with Crippen molar-refractivity contribution in [2.75, 3.05) is 0 Å². The molecular weight excluding hydrogens is 384 g/mol. The van der Waals surface area contributed by atoms with Crippen molar-refractivity contribution in [1.29, 1.82) is 0 Å². The molecular formula is C28H44O3. The van der Waals surface area contributed by atoms with E-state index in [9.17, 15) is 9.90 Å². The van der Waals surface area contributed by atoms with Gasteiger partial charge in [-0.05, 0) is 79.4 Å². The number of aliphatic hydroxyl groups excluding tert-OH is 1. The Labute approximate surface area is 189 Å². The topological polar surface area (TPSA) is 49.8 Å². The molecule has 0 aromatic heterocycles. The van der Waals surface area contributed by atoms with Crippen molar-refractivity contribution in [2.45, 2.75) is 104 Å². The van der Waals surface area contributed by atoms with E-state index in [0.717, 1.165) is 19.3 Å². The molecule has 0 aromatic carbocycles. The van der Waals surface area contributed by atoms with Crippen LogP contribution in [0.25, 0.3) is 0 Å². The normalized spacial score (nSPS) is 53.0. The fraction of sp³-hybridized carbons (Fsp3) is 0.893. The summed E-state index contributed by atoms with van der Waals surface area (Å²) >= 11 is 0. The minimum atomic E-state index is -0.350. The summed E-state index contributed by atoms with van der Waals surface area (Å²) in [7, 11) is 0. The van der Waals surface area contributed by atoms with Gasteiger partial charge in [-0.1, -0.05) is 53.7 Å². The summed E-state index contributed by atoms with van der Waals surface area (Å²) in [5.41, 5.74) is -0.0220. The van der Waals surface area contributed by atoms with Gasteiger partial charge in [-0.3, -0.25) is 4.79 Å². The quantitative estimate of drug-likeness (QED) is 0.455. The Hall–Kier alpha value is -0.670. The molecule has 0 unspecified atom stereocenters. The Bertz CT molecular complexity index is 772. The van der Waals surface area contributed by atoms with Gasteiger partial charge in [0.2, 0.25) is 0 Å². The molecule has 5 aliphatic rings. The van der Waals surface area contributed by atoms with Crippen LogP contribution >= 0.6 is 0 Å². The summed E-state index contributed by atoms with van der Waals surface area (Å²) in [6.07, 6.45) is 11.8. The third-order valence-corrected chi connectivity index (χ3v) is 11.4. The van der Waals surface area contributed by atoms with Crippen molar-refractivity contribution < 1.29 is 14.6 Å². The Morgan fingerprint density at radius 3 is 2.45 bits per heavy atom. The summed E-state index contributed by atoms with van der Waals surface area (Å²) in [6.45, 7) is 14.2. The van der Waals surface area contributed by atoms with Gasteiger partial charge in [0.1, 0.15) is 11.7 Å². The molecule has 1 saturated heterocycles. The van der Waals surface area contributed by atoms with Crippen LogP contribution in [0.2, 0.25) is 0 Å². The summed E-state index contributed by atoms with van der Waals surface area (Å²) in [5.74, 6) is 4.06. The third kappa shape index (κ3) is 2.94. The molecule has 0 amide bonds. The molecule has 174 valence electrons. The lowest BCUT2D eigenvalue weighted by Crippen LogP contribution is -2.61. The second-order valence-electron chi connectivity index (χ2n) is 12.9. The van der Waals surface area contributed by atoms with Crippen LogP contribution in [0.5, 0.6) is 0 Å².